The number of carbonyl (C=O) groups is 1. The largest absolute Gasteiger partial charge is 0.481 e. The average Bonchev–Trinajstić information content (AvgIpc) is 2.77. The molecule has 2 aliphatic heterocycles. The second kappa shape index (κ2) is 4.84. The lowest BCUT2D eigenvalue weighted by Crippen LogP contribution is -2.41. The second-order valence-corrected chi connectivity index (χ2v) is 3.97. The monoisotopic (exact) mass is 250 g/mol. The van der Waals surface area contributed by atoms with Crippen LogP contribution in [0, 0.1) is 0 Å². The summed E-state index contributed by atoms with van der Waals surface area (Å²) in [7, 11) is 0. The van der Waals surface area contributed by atoms with E-state index < -0.39 is 49.6 Å². The van der Waals surface area contributed by atoms with Gasteiger partial charge in [0.15, 0.2) is 12.6 Å². The molecule has 0 aromatic carbocycles. The van der Waals surface area contributed by atoms with Crippen molar-refractivity contribution in [3.8, 4) is 0 Å². The first-order valence-electron chi connectivity index (χ1n) is 5.18. The molecule has 2 fully saturated rings. The first-order valence-corrected chi connectivity index (χ1v) is 5.18. The summed E-state index contributed by atoms with van der Waals surface area (Å²) in [5.41, 5.74) is 0. The molecule has 8 nitrogen and oxygen atoms in total. The van der Waals surface area contributed by atoms with Gasteiger partial charge < -0.3 is 34.6 Å². The Morgan fingerprint density at radius 2 is 2.00 bits per heavy atom. The smallest absolute Gasteiger partial charge is 0.308 e. The molecular weight excluding hydrogens is 236 g/mol. The number of carboxylic acid groups (broad SMARTS) is 1. The molecule has 0 radical (unpaired) electrons. The van der Waals surface area contributed by atoms with Crippen molar-refractivity contribution in [3.63, 3.8) is 0 Å². The van der Waals surface area contributed by atoms with E-state index in [1.54, 1.807) is 0 Å². The number of hydrogen-bond donors (Lipinski definition) is 4. The van der Waals surface area contributed by atoms with Crippen LogP contribution in [0.1, 0.15) is 6.42 Å². The van der Waals surface area contributed by atoms with Gasteiger partial charge in [0.1, 0.15) is 24.4 Å². The highest BCUT2D eigenvalue weighted by Crippen LogP contribution is 2.34. The highest BCUT2D eigenvalue weighted by Gasteiger charge is 2.53. The number of rotatable bonds is 4. The first-order chi connectivity index (χ1) is 8.02. The Morgan fingerprint density at radius 1 is 1.29 bits per heavy atom. The molecule has 6 unspecified atom stereocenters. The van der Waals surface area contributed by atoms with E-state index in [1.807, 2.05) is 0 Å². The lowest BCUT2D eigenvalue weighted by atomic mass is 10.1. The van der Waals surface area contributed by atoms with Gasteiger partial charge in [-0.15, -0.1) is 0 Å². The molecule has 0 spiro atoms. The topological polar surface area (TPSA) is 126 Å². The molecule has 2 aliphatic rings. The van der Waals surface area contributed by atoms with Crippen LogP contribution in [-0.4, -0.2) is 70.0 Å². The maximum atomic E-state index is 10.4. The second-order valence-electron chi connectivity index (χ2n) is 3.97. The van der Waals surface area contributed by atoms with Gasteiger partial charge >= 0.3 is 5.97 Å². The summed E-state index contributed by atoms with van der Waals surface area (Å²) in [5, 5.41) is 36.4. The van der Waals surface area contributed by atoms with Gasteiger partial charge in [-0.05, 0) is 0 Å². The Kier molecular flexibility index (Phi) is 3.61. The van der Waals surface area contributed by atoms with Crippen LogP contribution >= 0.6 is 0 Å². The summed E-state index contributed by atoms with van der Waals surface area (Å²) in [4.78, 5) is 10.4. The molecular formula is C9H14O8. The summed E-state index contributed by atoms with van der Waals surface area (Å²) < 4.78 is 15.4. The Balaban J connectivity index is 1.94. The van der Waals surface area contributed by atoms with E-state index in [9.17, 15) is 15.0 Å². The van der Waals surface area contributed by atoms with E-state index in [0.29, 0.717) is 0 Å². The Bertz CT molecular complexity index is 295. The Labute approximate surface area is 96.3 Å². The van der Waals surface area contributed by atoms with Crippen LogP contribution in [0.4, 0.5) is 0 Å². The van der Waals surface area contributed by atoms with E-state index in [1.165, 1.54) is 0 Å². The van der Waals surface area contributed by atoms with E-state index in [0.717, 1.165) is 0 Å². The van der Waals surface area contributed by atoms with Crippen molar-refractivity contribution in [2.45, 2.75) is 43.4 Å². The SMILES string of the molecule is O=C(O)CC1OC2OC(C(O)CO)C(O)C2O1. The normalized spacial score (nSPS) is 42.4. The molecule has 2 saturated heterocycles. The lowest BCUT2D eigenvalue weighted by molar-refractivity contribution is -0.194. The molecule has 4 N–H and O–H groups in total. The number of aliphatic carboxylic acids is 1. The molecule has 2 rings (SSSR count). The highest BCUT2D eigenvalue weighted by atomic mass is 16.8. The number of carboxylic acids is 1. The zero-order valence-corrected chi connectivity index (χ0v) is 8.80. The summed E-state index contributed by atoms with van der Waals surface area (Å²) >= 11 is 0. The van der Waals surface area contributed by atoms with Gasteiger partial charge in [0.25, 0.3) is 0 Å². The molecule has 0 bridgehead atoms. The fourth-order valence-electron chi connectivity index (χ4n) is 1.93. The maximum Gasteiger partial charge on any atom is 0.308 e. The fraction of sp³-hybridized carbons (Fsp3) is 0.889. The van der Waals surface area contributed by atoms with Gasteiger partial charge in [-0.1, -0.05) is 0 Å². The van der Waals surface area contributed by atoms with E-state index in [2.05, 4.69) is 0 Å². The highest BCUT2D eigenvalue weighted by molar-refractivity contribution is 5.67. The number of fused-ring (bicyclic) bond motifs is 1. The van der Waals surface area contributed by atoms with Crippen molar-refractivity contribution in [2.75, 3.05) is 6.61 Å². The maximum absolute atomic E-state index is 10.4. The van der Waals surface area contributed by atoms with Crippen molar-refractivity contribution < 1.29 is 39.4 Å². The molecule has 0 aromatic heterocycles. The third-order valence-corrected chi connectivity index (χ3v) is 2.74. The van der Waals surface area contributed by atoms with Crippen LogP contribution in [0.3, 0.4) is 0 Å². The number of aliphatic hydroxyl groups is 3. The minimum atomic E-state index is -1.24. The van der Waals surface area contributed by atoms with Gasteiger partial charge in [0.2, 0.25) is 0 Å². The predicted octanol–water partition coefficient (Wildman–Crippen LogP) is -2.36. The minimum absolute atomic E-state index is 0.351. The van der Waals surface area contributed by atoms with E-state index >= 15 is 0 Å². The third-order valence-electron chi connectivity index (χ3n) is 2.74. The zero-order valence-electron chi connectivity index (χ0n) is 8.80. The molecule has 0 aliphatic carbocycles. The van der Waals surface area contributed by atoms with Crippen molar-refractivity contribution in [3.05, 3.63) is 0 Å². The van der Waals surface area contributed by atoms with E-state index in [4.69, 9.17) is 24.4 Å². The molecule has 0 aromatic rings. The quantitative estimate of drug-likeness (QED) is 0.436. The van der Waals surface area contributed by atoms with E-state index in [-0.39, 0.29) is 6.42 Å². The zero-order chi connectivity index (χ0) is 12.6. The first kappa shape index (κ1) is 12.7. The summed E-state index contributed by atoms with van der Waals surface area (Å²) in [5.74, 6) is -1.09. The average molecular weight is 250 g/mol. The Morgan fingerprint density at radius 3 is 2.53 bits per heavy atom. The van der Waals surface area contributed by atoms with Gasteiger partial charge in [-0.3, -0.25) is 4.79 Å². The molecule has 6 atom stereocenters. The summed E-state index contributed by atoms with van der Waals surface area (Å²) in [6.45, 7) is -0.556. The van der Waals surface area contributed by atoms with Crippen LogP contribution in [0.15, 0.2) is 0 Å². The fourth-order valence-corrected chi connectivity index (χ4v) is 1.93. The minimum Gasteiger partial charge on any atom is -0.481 e. The van der Waals surface area contributed by atoms with Crippen molar-refractivity contribution in [1.29, 1.82) is 0 Å². The number of aliphatic hydroxyl groups excluding tert-OH is 3. The lowest BCUT2D eigenvalue weighted by Gasteiger charge is -2.21. The van der Waals surface area contributed by atoms with Gasteiger partial charge in [0.05, 0.1) is 13.0 Å². The van der Waals surface area contributed by atoms with Crippen LogP contribution < -0.4 is 0 Å². The van der Waals surface area contributed by atoms with Crippen LogP contribution in [0.5, 0.6) is 0 Å². The predicted molar refractivity (Wildman–Crippen MR) is 49.8 cm³/mol. The Hall–Kier alpha value is -0.770. The molecule has 8 heteroatoms. The summed E-state index contributed by atoms with van der Waals surface area (Å²) in [6.07, 6.45) is -6.48. The molecule has 0 amide bonds. The molecule has 2 heterocycles. The van der Waals surface area contributed by atoms with Crippen LogP contribution in [-0.2, 0) is 19.0 Å². The number of hydrogen-bond acceptors (Lipinski definition) is 7. The van der Waals surface area contributed by atoms with Gasteiger partial charge in [-0.2, -0.15) is 0 Å². The van der Waals surface area contributed by atoms with Crippen molar-refractivity contribution >= 4 is 5.97 Å². The standard InChI is InChI=1S/C9H14O8/c10-2-3(11)7-6(14)8-9(17-7)16-5(15-8)1-4(12)13/h3,5-11,14H,1-2H2,(H,12,13). The molecule has 98 valence electrons. The van der Waals surface area contributed by atoms with Crippen LogP contribution in [0.2, 0.25) is 0 Å². The molecule has 0 saturated carbocycles. The van der Waals surface area contributed by atoms with Gasteiger partial charge in [0, 0.05) is 0 Å². The van der Waals surface area contributed by atoms with Crippen LogP contribution in [0.25, 0.3) is 0 Å². The number of ether oxygens (including phenoxy) is 3. The summed E-state index contributed by atoms with van der Waals surface area (Å²) in [6, 6.07) is 0. The van der Waals surface area contributed by atoms with Crippen molar-refractivity contribution in [2.24, 2.45) is 0 Å². The van der Waals surface area contributed by atoms with Crippen molar-refractivity contribution in [1.82, 2.24) is 0 Å². The van der Waals surface area contributed by atoms with Gasteiger partial charge in [-0.25, -0.2) is 0 Å². The third kappa shape index (κ3) is 2.41. The molecule has 17 heavy (non-hydrogen) atoms.